The monoisotopic (exact) mass is 322 g/mol. The zero-order valence-corrected chi connectivity index (χ0v) is 13.5. The van der Waals surface area contributed by atoms with Gasteiger partial charge in [0.05, 0.1) is 11.2 Å². The zero-order valence-electron chi connectivity index (χ0n) is 13.5. The first-order valence-electron chi connectivity index (χ1n) is 8.19. The molecule has 0 saturated carbocycles. The zero-order chi connectivity index (χ0) is 16.5. The summed E-state index contributed by atoms with van der Waals surface area (Å²) in [5.41, 5.74) is 1.99. The molecule has 1 aliphatic rings. The molecule has 0 radical (unpaired) electrons. The van der Waals surface area contributed by atoms with Crippen LogP contribution in [0.15, 0.2) is 48.5 Å². The molecule has 1 atom stereocenters. The van der Waals surface area contributed by atoms with E-state index in [-0.39, 0.29) is 5.82 Å². The maximum atomic E-state index is 14.4. The molecule has 4 rings (SSSR count). The molecule has 3 aromatic rings. The summed E-state index contributed by atoms with van der Waals surface area (Å²) in [6.45, 7) is 1.92. The topological polar surface area (TPSA) is 41.1 Å². The lowest BCUT2D eigenvalue weighted by Gasteiger charge is -2.24. The van der Waals surface area contributed by atoms with Crippen molar-refractivity contribution < 1.29 is 4.39 Å². The van der Waals surface area contributed by atoms with E-state index >= 15 is 0 Å². The fourth-order valence-electron chi connectivity index (χ4n) is 3.21. The van der Waals surface area contributed by atoms with E-state index in [2.05, 4.69) is 10.2 Å². The summed E-state index contributed by atoms with van der Waals surface area (Å²) >= 11 is 0. The van der Waals surface area contributed by atoms with Gasteiger partial charge < -0.3 is 10.2 Å². The van der Waals surface area contributed by atoms with E-state index in [0.717, 1.165) is 30.4 Å². The second-order valence-electron chi connectivity index (χ2n) is 6.13. The van der Waals surface area contributed by atoms with E-state index in [1.807, 2.05) is 37.4 Å². The van der Waals surface area contributed by atoms with Crippen molar-refractivity contribution in [3.63, 3.8) is 0 Å². The minimum absolute atomic E-state index is 0.266. The summed E-state index contributed by atoms with van der Waals surface area (Å²) in [5, 5.41) is 4.22. The van der Waals surface area contributed by atoms with Crippen LogP contribution in [0, 0.1) is 5.82 Å². The Morgan fingerprint density at radius 2 is 1.88 bits per heavy atom. The number of para-hydroxylation sites is 1. The van der Waals surface area contributed by atoms with Crippen molar-refractivity contribution in [2.24, 2.45) is 0 Å². The van der Waals surface area contributed by atoms with Crippen LogP contribution >= 0.6 is 0 Å². The first-order valence-corrected chi connectivity index (χ1v) is 8.19. The van der Waals surface area contributed by atoms with Crippen molar-refractivity contribution in [1.29, 1.82) is 0 Å². The Morgan fingerprint density at radius 3 is 2.67 bits per heavy atom. The molecule has 2 aromatic carbocycles. The van der Waals surface area contributed by atoms with Crippen LogP contribution in [0.1, 0.15) is 6.42 Å². The Kier molecular flexibility index (Phi) is 3.86. The minimum Gasteiger partial charge on any atom is -0.340 e. The van der Waals surface area contributed by atoms with Crippen LogP contribution in [-0.2, 0) is 0 Å². The third kappa shape index (κ3) is 2.61. The van der Waals surface area contributed by atoms with Crippen molar-refractivity contribution in [3.05, 3.63) is 54.3 Å². The predicted molar refractivity (Wildman–Crippen MR) is 94.6 cm³/mol. The van der Waals surface area contributed by atoms with E-state index in [0.29, 0.717) is 23.2 Å². The van der Waals surface area contributed by atoms with Crippen LogP contribution in [0.25, 0.3) is 22.2 Å². The molecule has 2 heterocycles. The first-order chi connectivity index (χ1) is 11.7. The SMILES string of the molecule is CN(c1nc(-c2ccccc2F)c2ccccc2n1)[C@H]1CCNC1. The largest absolute Gasteiger partial charge is 0.340 e. The van der Waals surface area contributed by atoms with Crippen LogP contribution in [0.4, 0.5) is 10.3 Å². The quantitative estimate of drug-likeness (QED) is 0.804. The van der Waals surface area contributed by atoms with Crippen molar-refractivity contribution in [3.8, 4) is 11.3 Å². The number of benzene rings is 2. The standard InChI is InChI=1S/C19H19FN4/c1-24(13-10-11-21-12-13)19-22-17-9-5-3-7-15(17)18(23-19)14-6-2-4-8-16(14)20/h2-9,13,21H,10-12H2,1H3/t13-/m0/s1. The summed E-state index contributed by atoms with van der Waals surface area (Å²) < 4.78 is 14.4. The van der Waals surface area contributed by atoms with Gasteiger partial charge in [0, 0.05) is 30.6 Å². The number of anilines is 1. The van der Waals surface area contributed by atoms with Gasteiger partial charge in [-0.3, -0.25) is 0 Å². The molecule has 0 spiro atoms. The number of rotatable bonds is 3. The molecule has 1 aromatic heterocycles. The van der Waals surface area contributed by atoms with Gasteiger partial charge in [0.1, 0.15) is 5.82 Å². The van der Waals surface area contributed by atoms with Gasteiger partial charge >= 0.3 is 0 Å². The van der Waals surface area contributed by atoms with Gasteiger partial charge in [-0.2, -0.15) is 0 Å². The van der Waals surface area contributed by atoms with Crippen molar-refractivity contribution in [1.82, 2.24) is 15.3 Å². The molecule has 5 heteroatoms. The maximum absolute atomic E-state index is 14.4. The maximum Gasteiger partial charge on any atom is 0.226 e. The number of hydrogen-bond acceptors (Lipinski definition) is 4. The van der Waals surface area contributed by atoms with Gasteiger partial charge in [-0.05, 0) is 31.2 Å². The van der Waals surface area contributed by atoms with E-state index in [4.69, 9.17) is 9.97 Å². The van der Waals surface area contributed by atoms with E-state index in [9.17, 15) is 4.39 Å². The highest BCUT2D eigenvalue weighted by molar-refractivity contribution is 5.93. The Labute approximate surface area is 140 Å². The summed E-state index contributed by atoms with van der Waals surface area (Å²) in [6.07, 6.45) is 1.06. The lowest BCUT2D eigenvalue weighted by Crippen LogP contribution is -2.34. The highest BCUT2D eigenvalue weighted by atomic mass is 19.1. The van der Waals surface area contributed by atoms with Crippen molar-refractivity contribution >= 4 is 16.9 Å². The second-order valence-corrected chi connectivity index (χ2v) is 6.13. The second kappa shape index (κ2) is 6.17. The van der Waals surface area contributed by atoms with Crippen LogP contribution < -0.4 is 10.2 Å². The summed E-state index contributed by atoms with van der Waals surface area (Å²) in [5.74, 6) is 0.373. The molecular formula is C19H19FN4. The number of hydrogen-bond donors (Lipinski definition) is 1. The minimum atomic E-state index is -0.266. The number of nitrogens with one attached hydrogen (secondary N) is 1. The molecule has 1 N–H and O–H groups in total. The predicted octanol–water partition coefficient (Wildman–Crippen LogP) is 3.23. The average Bonchev–Trinajstić information content (AvgIpc) is 3.15. The Balaban J connectivity index is 1.89. The van der Waals surface area contributed by atoms with Gasteiger partial charge in [0.15, 0.2) is 0 Å². The van der Waals surface area contributed by atoms with Crippen LogP contribution in [0.2, 0.25) is 0 Å². The molecule has 122 valence electrons. The number of nitrogens with zero attached hydrogens (tertiary/aromatic N) is 3. The summed E-state index contributed by atoms with van der Waals surface area (Å²) in [7, 11) is 2.01. The molecule has 0 amide bonds. The molecule has 1 saturated heterocycles. The number of fused-ring (bicyclic) bond motifs is 1. The summed E-state index contributed by atoms with van der Waals surface area (Å²) in [6, 6.07) is 14.9. The van der Waals surface area contributed by atoms with Gasteiger partial charge in [-0.1, -0.05) is 30.3 Å². The van der Waals surface area contributed by atoms with Gasteiger partial charge in [-0.25, -0.2) is 14.4 Å². The van der Waals surface area contributed by atoms with E-state index in [1.165, 1.54) is 6.07 Å². The third-order valence-corrected chi connectivity index (χ3v) is 4.62. The molecule has 0 unspecified atom stereocenters. The first kappa shape index (κ1) is 15.0. The highest BCUT2D eigenvalue weighted by Crippen LogP contribution is 2.30. The van der Waals surface area contributed by atoms with Gasteiger partial charge in [0.25, 0.3) is 0 Å². The van der Waals surface area contributed by atoms with E-state index < -0.39 is 0 Å². The lowest BCUT2D eigenvalue weighted by atomic mass is 10.1. The molecule has 24 heavy (non-hydrogen) atoms. The van der Waals surface area contributed by atoms with E-state index in [1.54, 1.807) is 12.1 Å². The van der Waals surface area contributed by atoms with Crippen molar-refractivity contribution in [2.75, 3.05) is 25.0 Å². The molecule has 0 aliphatic carbocycles. The van der Waals surface area contributed by atoms with Crippen molar-refractivity contribution in [2.45, 2.75) is 12.5 Å². The number of aromatic nitrogens is 2. The molecule has 4 nitrogen and oxygen atoms in total. The summed E-state index contributed by atoms with van der Waals surface area (Å²) in [4.78, 5) is 11.5. The Hall–Kier alpha value is -2.53. The molecule has 0 bridgehead atoms. The molecule has 1 fully saturated rings. The Morgan fingerprint density at radius 1 is 1.08 bits per heavy atom. The van der Waals surface area contributed by atoms with Crippen LogP contribution in [-0.4, -0.2) is 36.1 Å². The van der Waals surface area contributed by atoms with Gasteiger partial charge in [0.2, 0.25) is 5.95 Å². The molecule has 1 aliphatic heterocycles. The van der Waals surface area contributed by atoms with Crippen LogP contribution in [0.3, 0.4) is 0 Å². The Bertz CT molecular complexity index is 874. The lowest BCUT2D eigenvalue weighted by molar-refractivity contribution is 0.630. The highest BCUT2D eigenvalue weighted by Gasteiger charge is 2.23. The average molecular weight is 322 g/mol. The number of halogens is 1. The fraction of sp³-hybridized carbons (Fsp3) is 0.263. The van der Waals surface area contributed by atoms with Gasteiger partial charge in [-0.15, -0.1) is 0 Å². The normalized spacial score (nSPS) is 17.3. The third-order valence-electron chi connectivity index (χ3n) is 4.62. The van der Waals surface area contributed by atoms with Crippen LogP contribution in [0.5, 0.6) is 0 Å². The number of likely N-dealkylation sites (N-methyl/N-ethyl adjacent to an activating group) is 1. The smallest absolute Gasteiger partial charge is 0.226 e. The molecular weight excluding hydrogens is 303 g/mol. The fourth-order valence-corrected chi connectivity index (χ4v) is 3.21.